The number of amides is 3. The number of carbonyl (C=O) groups excluding carboxylic acids is 2. The zero-order valence-electron chi connectivity index (χ0n) is 17.5. The van der Waals surface area contributed by atoms with Crippen LogP contribution in [0.15, 0.2) is 42.5 Å². The van der Waals surface area contributed by atoms with E-state index >= 15 is 0 Å². The highest BCUT2D eigenvalue weighted by Gasteiger charge is 2.47. The first-order chi connectivity index (χ1) is 14.1. The van der Waals surface area contributed by atoms with Crippen LogP contribution in [0.5, 0.6) is 0 Å². The van der Waals surface area contributed by atoms with Gasteiger partial charge < -0.3 is 9.64 Å². The Morgan fingerprint density at radius 1 is 1.13 bits per heavy atom. The fourth-order valence-electron chi connectivity index (χ4n) is 3.31. The van der Waals surface area contributed by atoms with Crippen molar-refractivity contribution in [1.82, 2.24) is 4.90 Å². The van der Waals surface area contributed by atoms with E-state index in [1.807, 2.05) is 57.2 Å². The highest BCUT2D eigenvalue weighted by molar-refractivity contribution is 6.33. The number of hydrogen-bond acceptors (Lipinski definition) is 4. The van der Waals surface area contributed by atoms with Crippen LogP contribution in [0.1, 0.15) is 37.5 Å². The molecule has 156 valence electrons. The number of hydrogen-bond donors (Lipinski definition) is 0. The van der Waals surface area contributed by atoms with Crippen molar-refractivity contribution in [3.05, 3.63) is 64.2 Å². The lowest BCUT2D eigenvalue weighted by Crippen LogP contribution is -2.40. The molecule has 0 N–H and O–H groups in total. The van der Waals surface area contributed by atoms with Crippen molar-refractivity contribution in [1.29, 1.82) is 5.26 Å². The molecule has 0 aliphatic carbocycles. The number of urea groups is 1. The van der Waals surface area contributed by atoms with Gasteiger partial charge in [-0.15, -0.1) is 0 Å². The Bertz CT molecular complexity index is 1010. The molecule has 0 spiro atoms. The minimum Gasteiger partial charge on any atom is -0.373 e. The predicted octanol–water partition coefficient (Wildman–Crippen LogP) is 4.67. The molecule has 1 saturated heterocycles. The van der Waals surface area contributed by atoms with E-state index in [1.54, 1.807) is 13.0 Å². The molecule has 1 aliphatic rings. The van der Waals surface area contributed by atoms with Crippen LogP contribution in [0.4, 0.5) is 10.5 Å². The molecule has 7 heteroatoms. The van der Waals surface area contributed by atoms with Gasteiger partial charge in [0.05, 0.1) is 28.5 Å². The Hall–Kier alpha value is -2.88. The van der Waals surface area contributed by atoms with Crippen LogP contribution in [-0.2, 0) is 16.1 Å². The molecule has 2 aromatic rings. The smallest absolute Gasteiger partial charge is 0.332 e. The predicted molar refractivity (Wildman–Crippen MR) is 115 cm³/mol. The lowest BCUT2D eigenvalue weighted by molar-refractivity contribution is -0.123. The molecule has 1 atom stereocenters. The molecule has 1 heterocycles. The van der Waals surface area contributed by atoms with Gasteiger partial charge >= 0.3 is 6.03 Å². The van der Waals surface area contributed by atoms with Gasteiger partial charge in [-0.1, -0.05) is 41.9 Å². The fraction of sp³-hybridized carbons (Fsp3) is 0.348. The van der Waals surface area contributed by atoms with Gasteiger partial charge in [0, 0.05) is 6.54 Å². The van der Waals surface area contributed by atoms with E-state index in [2.05, 4.69) is 0 Å². The average Bonchev–Trinajstić information content (AvgIpc) is 2.92. The topological polar surface area (TPSA) is 73.6 Å². The second kappa shape index (κ2) is 8.47. The second-order valence-corrected chi connectivity index (χ2v) is 8.57. The quantitative estimate of drug-likeness (QED) is 0.652. The largest absolute Gasteiger partial charge is 0.373 e. The van der Waals surface area contributed by atoms with Crippen molar-refractivity contribution in [2.75, 3.05) is 11.5 Å². The Labute approximate surface area is 181 Å². The van der Waals surface area contributed by atoms with Gasteiger partial charge in [-0.05, 0) is 51.0 Å². The Balaban J connectivity index is 1.99. The molecule has 30 heavy (non-hydrogen) atoms. The van der Waals surface area contributed by atoms with E-state index < -0.39 is 17.7 Å². The summed E-state index contributed by atoms with van der Waals surface area (Å²) in [4.78, 5) is 29.3. The summed E-state index contributed by atoms with van der Waals surface area (Å²) < 4.78 is 5.86. The van der Waals surface area contributed by atoms with Gasteiger partial charge in [-0.2, -0.15) is 5.26 Å². The molecule has 1 aliphatic heterocycles. The third kappa shape index (κ3) is 4.33. The zero-order chi connectivity index (χ0) is 22.1. The van der Waals surface area contributed by atoms with Crippen molar-refractivity contribution >= 4 is 29.2 Å². The molecule has 0 aromatic heterocycles. The standard InChI is InChI=1S/C23H24ClN3O3/c1-15-18(11-10-17(12-25)20(15)24)27-21(28)19(14-30-23(2,3)4)26(22(27)29)13-16-8-6-5-7-9-16/h5-11,19H,13-14H2,1-4H3/t19-/m0/s1. The zero-order valence-corrected chi connectivity index (χ0v) is 18.2. The van der Waals surface area contributed by atoms with Crippen LogP contribution >= 0.6 is 11.6 Å². The fourth-order valence-corrected chi connectivity index (χ4v) is 3.51. The van der Waals surface area contributed by atoms with E-state index in [0.717, 1.165) is 10.5 Å². The molecule has 0 unspecified atom stereocenters. The number of anilines is 1. The van der Waals surface area contributed by atoms with Gasteiger partial charge in [-0.25, -0.2) is 9.69 Å². The normalized spacial score (nSPS) is 16.9. The monoisotopic (exact) mass is 425 g/mol. The van der Waals surface area contributed by atoms with Crippen LogP contribution in [-0.4, -0.2) is 35.1 Å². The lowest BCUT2D eigenvalue weighted by atomic mass is 10.1. The van der Waals surface area contributed by atoms with Crippen LogP contribution in [0.3, 0.4) is 0 Å². The maximum Gasteiger partial charge on any atom is 0.332 e. The van der Waals surface area contributed by atoms with Crippen molar-refractivity contribution in [2.24, 2.45) is 0 Å². The third-order valence-corrected chi connectivity index (χ3v) is 5.39. The summed E-state index contributed by atoms with van der Waals surface area (Å²) in [6, 6.07) is 13.4. The average molecular weight is 426 g/mol. The van der Waals surface area contributed by atoms with Crippen molar-refractivity contribution < 1.29 is 14.3 Å². The van der Waals surface area contributed by atoms with Gasteiger partial charge in [-0.3, -0.25) is 4.79 Å². The highest BCUT2D eigenvalue weighted by atomic mass is 35.5. The van der Waals surface area contributed by atoms with Crippen LogP contribution in [0.2, 0.25) is 5.02 Å². The molecule has 0 radical (unpaired) electrons. The number of rotatable bonds is 5. The molecule has 0 bridgehead atoms. The molecule has 0 saturated carbocycles. The minimum absolute atomic E-state index is 0.0838. The highest BCUT2D eigenvalue weighted by Crippen LogP contribution is 2.34. The van der Waals surface area contributed by atoms with Crippen LogP contribution in [0.25, 0.3) is 0 Å². The molecule has 2 aromatic carbocycles. The second-order valence-electron chi connectivity index (χ2n) is 8.19. The van der Waals surface area contributed by atoms with Gasteiger partial charge in [0.25, 0.3) is 5.91 Å². The number of nitriles is 1. The summed E-state index contributed by atoms with van der Waals surface area (Å²) in [6.07, 6.45) is 0. The van der Waals surface area contributed by atoms with Crippen molar-refractivity contribution in [3.63, 3.8) is 0 Å². The minimum atomic E-state index is -0.759. The van der Waals surface area contributed by atoms with E-state index in [1.165, 1.54) is 11.0 Å². The molecule has 3 amide bonds. The lowest BCUT2D eigenvalue weighted by Gasteiger charge is -2.26. The Morgan fingerprint density at radius 3 is 2.40 bits per heavy atom. The summed E-state index contributed by atoms with van der Waals surface area (Å²) in [5.41, 5.74) is 1.64. The molecule has 1 fully saturated rings. The number of carbonyl (C=O) groups is 2. The van der Waals surface area contributed by atoms with Gasteiger partial charge in [0.2, 0.25) is 0 Å². The van der Waals surface area contributed by atoms with Crippen LogP contribution < -0.4 is 4.90 Å². The number of halogens is 1. The first-order valence-corrected chi connectivity index (χ1v) is 10.0. The Morgan fingerprint density at radius 2 is 1.80 bits per heavy atom. The molecule has 6 nitrogen and oxygen atoms in total. The molecular weight excluding hydrogens is 402 g/mol. The first kappa shape index (κ1) is 21.8. The maximum absolute atomic E-state index is 13.3. The van der Waals surface area contributed by atoms with Gasteiger partial charge in [0.1, 0.15) is 12.1 Å². The van der Waals surface area contributed by atoms with Crippen molar-refractivity contribution in [3.8, 4) is 6.07 Å². The van der Waals surface area contributed by atoms with E-state index in [-0.39, 0.29) is 24.1 Å². The molecule has 3 rings (SSSR count). The van der Waals surface area contributed by atoms with E-state index in [9.17, 15) is 14.9 Å². The number of nitrogens with zero attached hydrogens (tertiary/aromatic N) is 3. The SMILES string of the molecule is Cc1c(N2C(=O)[C@H](COC(C)(C)C)N(Cc3ccccc3)C2=O)ccc(C#N)c1Cl. The summed E-state index contributed by atoms with van der Waals surface area (Å²) >= 11 is 6.29. The number of benzene rings is 2. The van der Waals surface area contributed by atoms with Crippen molar-refractivity contribution in [2.45, 2.75) is 45.9 Å². The Kier molecular flexibility index (Phi) is 6.16. The third-order valence-electron chi connectivity index (χ3n) is 4.91. The molecular formula is C23H24ClN3O3. The number of ether oxygens (including phenoxy) is 1. The van der Waals surface area contributed by atoms with Gasteiger partial charge in [0.15, 0.2) is 0 Å². The maximum atomic E-state index is 13.3. The van der Waals surface area contributed by atoms with E-state index in [0.29, 0.717) is 16.8 Å². The summed E-state index contributed by atoms with van der Waals surface area (Å²) in [6.45, 7) is 7.76. The summed E-state index contributed by atoms with van der Waals surface area (Å²) in [5.74, 6) is -0.371. The summed E-state index contributed by atoms with van der Waals surface area (Å²) in [7, 11) is 0. The van der Waals surface area contributed by atoms with Crippen LogP contribution in [0, 0.1) is 18.3 Å². The summed E-state index contributed by atoms with van der Waals surface area (Å²) in [5, 5.41) is 9.43. The number of imide groups is 1. The van der Waals surface area contributed by atoms with E-state index in [4.69, 9.17) is 16.3 Å². The first-order valence-electron chi connectivity index (χ1n) is 9.65.